The summed E-state index contributed by atoms with van der Waals surface area (Å²) in [4.78, 5) is 0.123. The van der Waals surface area contributed by atoms with E-state index in [1.807, 2.05) is 0 Å². The summed E-state index contributed by atoms with van der Waals surface area (Å²) < 4.78 is 22.5. The molecule has 24 heavy (non-hydrogen) atoms. The molecule has 0 amide bonds. The number of benzene rings is 1. The molecule has 0 unspecified atom stereocenters. The number of allylic oxidation sites excluding steroid dienone is 2. The molecule has 1 aliphatic rings. The highest BCUT2D eigenvalue weighted by Crippen LogP contribution is 2.16. The van der Waals surface area contributed by atoms with Crippen molar-refractivity contribution >= 4 is 15.7 Å². The second-order valence-electron chi connectivity index (χ2n) is 6.42. The summed E-state index contributed by atoms with van der Waals surface area (Å²) >= 11 is 0. The minimum absolute atomic E-state index is 0.123. The van der Waals surface area contributed by atoms with E-state index in [-0.39, 0.29) is 4.90 Å². The SMILES string of the molecule is NS(=O)(=O)c1ccc(NN/C2=C/CCCCCCCCCC2)cc1. The fourth-order valence-corrected chi connectivity index (χ4v) is 3.41. The Morgan fingerprint density at radius 3 is 2.00 bits per heavy atom. The van der Waals surface area contributed by atoms with Gasteiger partial charge in [-0.2, -0.15) is 0 Å². The molecule has 0 heterocycles. The second-order valence-corrected chi connectivity index (χ2v) is 7.98. The first-order valence-electron chi connectivity index (χ1n) is 8.90. The Kier molecular flexibility index (Phi) is 7.59. The van der Waals surface area contributed by atoms with Gasteiger partial charge in [0.15, 0.2) is 0 Å². The molecule has 0 saturated heterocycles. The number of nitrogens with one attached hydrogen (secondary N) is 2. The van der Waals surface area contributed by atoms with Crippen LogP contribution in [0.25, 0.3) is 0 Å². The highest BCUT2D eigenvalue weighted by molar-refractivity contribution is 7.89. The molecule has 0 aliphatic heterocycles. The predicted octanol–water partition coefficient (Wildman–Crippen LogP) is 4.05. The van der Waals surface area contributed by atoms with Gasteiger partial charge in [-0.15, -0.1) is 0 Å². The van der Waals surface area contributed by atoms with Crippen LogP contribution in [0.3, 0.4) is 0 Å². The molecule has 4 N–H and O–H groups in total. The van der Waals surface area contributed by atoms with Crippen LogP contribution in [-0.2, 0) is 10.0 Å². The van der Waals surface area contributed by atoms with Crippen LogP contribution >= 0.6 is 0 Å². The summed E-state index contributed by atoms with van der Waals surface area (Å²) in [5, 5.41) is 5.11. The van der Waals surface area contributed by atoms with Crippen LogP contribution in [-0.4, -0.2) is 8.42 Å². The molecule has 1 aliphatic carbocycles. The largest absolute Gasteiger partial charge is 0.305 e. The van der Waals surface area contributed by atoms with E-state index in [4.69, 9.17) is 5.14 Å². The van der Waals surface area contributed by atoms with Gasteiger partial charge >= 0.3 is 0 Å². The molecule has 0 aromatic heterocycles. The molecule has 134 valence electrons. The summed E-state index contributed by atoms with van der Waals surface area (Å²) in [5.74, 6) is 0. The summed E-state index contributed by atoms with van der Waals surface area (Å²) in [6, 6.07) is 6.44. The first-order chi connectivity index (χ1) is 11.6. The van der Waals surface area contributed by atoms with Crippen LogP contribution in [0.5, 0.6) is 0 Å². The highest BCUT2D eigenvalue weighted by Gasteiger charge is 2.06. The van der Waals surface area contributed by atoms with Crippen molar-refractivity contribution in [1.29, 1.82) is 0 Å². The summed E-state index contributed by atoms with van der Waals surface area (Å²) in [5.41, 5.74) is 8.46. The van der Waals surface area contributed by atoms with Gasteiger partial charge in [0, 0.05) is 5.70 Å². The van der Waals surface area contributed by atoms with E-state index in [1.54, 1.807) is 12.1 Å². The van der Waals surface area contributed by atoms with Gasteiger partial charge in [0.1, 0.15) is 0 Å². The maximum atomic E-state index is 11.3. The van der Waals surface area contributed by atoms with Crippen molar-refractivity contribution in [2.75, 3.05) is 5.43 Å². The van der Waals surface area contributed by atoms with Crippen LogP contribution in [0.2, 0.25) is 0 Å². The lowest BCUT2D eigenvalue weighted by Crippen LogP contribution is -2.21. The number of primary sulfonamides is 1. The van der Waals surface area contributed by atoms with E-state index in [0.29, 0.717) is 0 Å². The van der Waals surface area contributed by atoms with Crippen LogP contribution in [0, 0.1) is 0 Å². The van der Waals surface area contributed by atoms with Gasteiger partial charge in [-0.05, 0) is 49.9 Å². The van der Waals surface area contributed by atoms with Gasteiger partial charge < -0.3 is 10.9 Å². The second kappa shape index (κ2) is 9.69. The van der Waals surface area contributed by atoms with E-state index in [9.17, 15) is 8.42 Å². The lowest BCUT2D eigenvalue weighted by molar-refractivity contribution is 0.558. The molecule has 0 bridgehead atoms. The molecular weight excluding hydrogens is 322 g/mol. The van der Waals surface area contributed by atoms with Crippen LogP contribution < -0.4 is 16.0 Å². The molecule has 0 radical (unpaired) electrons. The van der Waals surface area contributed by atoms with Crippen molar-refractivity contribution in [2.45, 2.75) is 69.1 Å². The standard InChI is InChI=1S/C18H29N3O2S/c19-24(22,23)18-14-12-17(13-15-18)21-20-16-10-8-6-4-2-1-3-5-7-9-11-16/h10,12-15,20-21H,1-9,11H2,(H2,19,22,23)/b16-10+. The first kappa shape index (κ1) is 18.8. The number of anilines is 1. The third-order valence-electron chi connectivity index (χ3n) is 4.34. The van der Waals surface area contributed by atoms with Crippen LogP contribution in [0.15, 0.2) is 40.9 Å². The fraction of sp³-hybridized carbons (Fsp3) is 0.556. The lowest BCUT2D eigenvalue weighted by atomic mass is 10.0. The normalized spacial score (nSPS) is 20.1. The van der Waals surface area contributed by atoms with Crippen LogP contribution in [0.4, 0.5) is 5.69 Å². The van der Waals surface area contributed by atoms with E-state index in [2.05, 4.69) is 16.9 Å². The number of hydrazine groups is 1. The first-order valence-corrected chi connectivity index (χ1v) is 10.4. The molecule has 0 fully saturated rings. The molecule has 0 spiro atoms. The summed E-state index contributed by atoms with van der Waals surface area (Å²) in [6.07, 6.45) is 14.9. The smallest absolute Gasteiger partial charge is 0.238 e. The Balaban J connectivity index is 1.89. The molecule has 1 aromatic carbocycles. The van der Waals surface area contributed by atoms with E-state index in [0.717, 1.165) is 18.5 Å². The third-order valence-corrected chi connectivity index (χ3v) is 5.27. The highest BCUT2D eigenvalue weighted by atomic mass is 32.2. The molecule has 5 nitrogen and oxygen atoms in total. The van der Waals surface area contributed by atoms with Crippen LogP contribution in [0.1, 0.15) is 64.2 Å². The number of sulfonamides is 1. The Hall–Kier alpha value is -1.53. The topological polar surface area (TPSA) is 84.2 Å². The van der Waals surface area contributed by atoms with Crippen molar-refractivity contribution in [1.82, 2.24) is 5.43 Å². The van der Waals surface area contributed by atoms with Crippen molar-refractivity contribution in [3.8, 4) is 0 Å². The van der Waals surface area contributed by atoms with Crippen molar-refractivity contribution in [2.24, 2.45) is 5.14 Å². The monoisotopic (exact) mass is 351 g/mol. The Morgan fingerprint density at radius 2 is 1.38 bits per heavy atom. The summed E-state index contributed by atoms with van der Waals surface area (Å²) in [6.45, 7) is 0. The quantitative estimate of drug-likeness (QED) is 0.715. The van der Waals surface area contributed by atoms with E-state index >= 15 is 0 Å². The zero-order valence-electron chi connectivity index (χ0n) is 14.3. The number of hydrogen-bond donors (Lipinski definition) is 3. The van der Waals surface area contributed by atoms with Gasteiger partial charge in [0.05, 0.1) is 10.6 Å². The molecule has 2 rings (SSSR count). The maximum absolute atomic E-state index is 11.3. The molecule has 0 saturated carbocycles. The molecule has 1 aromatic rings. The summed E-state index contributed by atoms with van der Waals surface area (Å²) in [7, 11) is -3.64. The Morgan fingerprint density at radius 1 is 0.792 bits per heavy atom. The Bertz CT molecular complexity index is 624. The van der Waals surface area contributed by atoms with Gasteiger partial charge in [-0.3, -0.25) is 0 Å². The fourth-order valence-electron chi connectivity index (χ4n) is 2.89. The predicted molar refractivity (Wildman–Crippen MR) is 98.8 cm³/mol. The van der Waals surface area contributed by atoms with Crippen molar-refractivity contribution < 1.29 is 8.42 Å². The zero-order chi connectivity index (χ0) is 17.3. The van der Waals surface area contributed by atoms with Gasteiger partial charge in [-0.25, -0.2) is 13.6 Å². The zero-order valence-corrected chi connectivity index (χ0v) is 15.1. The average Bonchev–Trinajstić information content (AvgIpc) is 2.54. The van der Waals surface area contributed by atoms with Gasteiger partial charge in [0.2, 0.25) is 10.0 Å². The lowest BCUT2D eigenvalue weighted by Gasteiger charge is -2.15. The van der Waals surface area contributed by atoms with E-state index in [1.165, 1.54) is 69.2 Å². The van der Waals surface area contributed by atoms with Crippen molar-refractivity contribution in [3.63, 3.8) is 0 Å². The van der Waals surface area contributed by atoms with Gasteiger partial charge in [0.25, 0.3) is 0 Å². The number of hydrogen-bond acceptors (Lipinski definition) is 4. The number of rotatable bonds is 4. The van der Waals surface area contributed by atoms with E-state index < -0.39 is 10.0 Å². The van der Waals surface area contributed by atoms with Crippen molar-refractivity contribution in [3.05, 3.63) is 36.0 Å². The Labute approximate surface area is 145 Å². The molecular formula is C18H29N3O2S. The molecule has 0 atom stereocenters. The third kappa shape index (κ3) is 6.93. The minimum atomic E-state index is -3.64. The number of nitrogens with two attached hydrogens (primary N) is 1. The molecule has 6 heteroatoms. The maximum Gasteiger partial charge on any atom is 0.238 e. The van der Waals surface area contributed by atoms with Gasteiger partial charge in [-0.1, -0.05) is 44.6 Å². The minimum Gasteiger partial charge on any atom is -0.305 e. The average molecular weight is 352 g/mol.